The first-order valence-electron chi connectivity index (χ1n) is 7.53. The van der Waals surface area contributed by atoms with Crippen molar-refractivity contribution in [2.75, 3.05) is 19.8 Å². The van der Waals surface area contributed by atoms with Crippen LogP contribution in [0.1, 0.15) is 5.56 Å². The predicted molar refractivity (Wildman–Crippen MR) is 86.0 cm³/mol. The summed E-state index contributed by atoms with van der Waals surface area (Å²) in [4.78, 5) is 11.8. The van der Waals surface area contributed by atoms with E-state index >= 15 is 0 Å². The molecule has 0 saturated carbocycles. The number of nitrogens with one attached hydrogen (secondary N) is 1. The zero-order valence-corrected chi connectivity index (χ0v) is 12.9. The lowest BCUT2D eigenvalue weighted by atomic mass is 10.2. The fourth-order valence-electron chi connectivity index (χ4n) is 2.22. The Balaban J connectivity index is 1.42. The smallest absolute Gasteiger partial charge is 0.258 e. The van der Waals surface area contributed by atoms with Gasteiger partial charge < -0.3 is 19.5 Å². The van der Waals surface area contributed by atoms with E-state index in [0.717, 1.165) is 0 Å². The number of hydrogen-bond acceptors (Lipinski definition) is 5. The van der Waals surface area contributed by atoms with Crippen LogP contribution in [0.5, 0.6) is 17.2 Å². The maximum Gasteiger partial charge on any atom is 0.258 e. The number of para-hydroxylation sites is 2. The van der Waals surface area contributed by atoms with Crippen LogP contribution in [0.4, 0.5) is 0 Å². The third-order valence-corrected chi connectivity index (χ3v) is 3.45. The molecule has 0 fully saturated rings. The molecule has 1 aliphatic heterocycles. The zero-order valence-electron chi connectivity index (χ0n) is 12.9. The Morgan fingerprint density at radius 1 is 1.21 bits per heavy atom. The van der Waals surface area contributed by atoms with E-state index in [4.69, 9.17) is 19.5 Å². The Hall–Kier alpha value is -3.20. The summed E-state index contributed by atoms with van der Waals surface area (Å²) in [6.07, 6.45) is -0.237. The van der Waals surface area contributed by atoms with Crippen molar-refractivity contribution in [3.63, 3.8) is 0 Å². The molecule has 0 spiro atoms. The van der Waals surface area contributed by atoms with Gasteiger partial charge in [0.05, 0.1) is 18.2 Å². The second-order valence-electron chi connectivity index (χ2n) is 5.23. The molecule has 0 aromatic heterocycles. The maximum absolute atomic E-state index is 11.8. The third-order valence-electron chi connectivity index (χ3n) is 3.45. The van der Waals surface area contributed by atoms with Crippen LogP contribution >= 0.6 is 0 Å². The van der Waals surface area contributed by atoms with Gasteiger partial charge in [0.25, 0.3) is 5.91 Å². The molecule has 1 amide bonds. The number of carbonyl (C=O) groups excluding carboxylic acids is 1. The highest BCUT2D eigenvalue weighted by Gasteiger charge is 2.21. The fraction of sp³-hybridized carbons (Fsp3) is 0.222. The van der Waals surface area contributed by atoms with Crippen LogP contribution in [0.2, 0.25) is 0 Å². The molecule has 0 radical (unpaired) electrons. The van der Waals surface area contributed by atoms with Crippen molar-refractivity contribution >= 4 is 5.91 Å². The number of amides is 1. The van der Waals surface area contributed by atoms with E-state index in [1.54, 1.807) is 24.3 Å². The van der Waals surface area contributed by atoms with Crippen LogP contribution in [0.15, 0.2) is 48.5 Å². The van der Waals surface area contributed by atoms with Gasteiger partial charge in [-0.25, -0.2) is 0 Å². The lowest BCUT2D eigenvalue weighted by molar-refractivity contribution is -0.123. The quantitative estimate of drug-likeness (QED) is 0.908. The molecule has 2 aromatic carbocycles. The van der Waals surface area contributed by atoms with Crippen LogP contribution in [-0.2, 0) is 4.79 Å². The molecule has 6 heteroatoms. The van der Waals surface area contributed by atoms with E-state index in [-0.39, 0.29) is 18.6 Å². The van der Waals surface area contributed by atoms with Gasteiger partial charge in [0.1, 0.15) is 18.5 Å². The second kappa shape index (κ2) is 7.38. The summed E-state index contributed by atoms with van der Waals surface area (Å²) in [5.74, 6) is 1.68. The molecule has 122 valence electrons. The van der Waals surface area contributed by atoms with Gasteiger partial charge >= 0.3 is 0 Å². The highest BCUT2D eigenvalue weighted by molar-refractivity contribution is 5.77. The zero-order chi connectivity index (χ0) is 16.8. The molecule has 1 heterocycles. The van der Waals surface area contributed by atoms with Gasteiger partial charge in [-0.2, -0.15) is 5.26 Å². The van der Waals surface area contributed by atoms with E-state index in [1.807, 2.05) is 30.3 Å². The van der Waals surface area contributed by atoms with Crippen LogP contribution in [0, 0.1) is 11.3 Å². The average molecular weight is 324 g/mol. The summed E-state index contributed by atoms with van der Waals surface area (Å²) >= 11 is 0. The van der Waals surface area contributed by atoms with Gasteiger partial charge in [-0.3, -0.25) is 4.79 Å². The minimum atomic E-state index is -0.248. The summed E-state index contributed by atoms with van der Waals surface area (Å²) in [7, 11) is 0. The summed E-state index contributed by atoms with van der Waals surface area (Å²) < 4.78 is 16.7. The molecule has 1 N–H and O–H groups in total. The highest BCUT2D eigenvalue weighted by atomic mass is 16.6. The normalized spacial score (nSPS) is 15.2. The van der Waals surface area contributed by atoms with Gasteiger partial charge in [0, 0.05) is 0 Å². The van der Waals surface area contributed by atoms with E-state index in [9.17, 15) is 4.79 Å². The number of nitrogens with zero attached hydrogens (tertiary/aromatic N) is 1. The molecular formula is C18H16N2O4. The van der Waals surface area contributed by atoms with Crippen LogP contribution in [0.25, 0.3) is 0 Å². The predicted octanol–water partition coefficient (Wildman–Crippen LogP) is 1.89. The molecule has 6 nitrogen and oxygen atoms in total. The molecule has 1 aliphatic rings. The van der Waals surface area contributed by atoms with Crippen molar-refractivity contribution in [2.24, 2.45) is 0 Å². The first-order chi connectivity index (χ1) is 11.7. The molecule has 24 heavy (non-hydrogen) atoms. The average Bonchev–Trinajstić information content (AvgIpc) is 2.65. The fourth-order valence-corrected chi connectivity index (χ4v) is 2.22. The third kappa shape index (κ3) is 3.96. The number of rotatable bonds is 5. The Labute approximate surface area is 139 Å². The van der Waals surface area contributed by atoms with Gasteiger partial charge in [0.15, 0.2) is 18.1 Å². The van der Waals surface area contributed by atoms with Crippen LogP contribution in [-0.4, -0.2) is 31.8 Å². The van der Waals surface area contributed by atoms with Crippen LogP contribution < -0.4 is 19.5 Å². The second-order valence-corrected chi connectivity index (χ2v) is 5.23. The van der Waals surface area contributed by atoms with Gasteiger partial charge in [-0.15, -0.1) is 0 Å². The number of ether oxygens (including phenoxy) is 3. The Morgan fingerprint density at radius 2 is 1.96 bits per heavy atom. The molecule has 0 saturated heterocycles. The number of benzene rings is 2. The van der Waals surface area contributed by atoms with Crippen molar-refractivity contribution < 1.29 is 19.0 Å². The SMILES string of the molecule is N#Cc1ccc(OCC(=O)NC[C@H]2COc3ccccc3O2)cc1. The minimum Gasteiger partial charge on any atom is -0.486 e. The first kappa shape index (κ1) is 15.7. The van der Waals surface area contributed by atoms with Crippen molar-refractivity contribution in [1.29, 1.82) is 5.26 Å². The maximum atomic E-state index is 11.8. The van der Waals surface area contributed by atoms with Crippen molar-refractivity contribution in [3.05, 3.63) is 54.1 Å². The van der Waals surface area contributed by atoms with E-state index in [2.05, 4.69) is 5.32 Å². The molecule has 0 unspecified atom stereocenters. The lowest BCUT2D eigenvalue weighted by Crippen LogP contribution is -2.42. The van der Waals surface area contributed by atoms with Gasteiger partial charge in [-0.1, -0.05) is 12.1 Å². The Kier molecular flexibility index (Phi) is 4.82. The number of carbonyl (C=O) groups is 1. The highest BCUT2D eigenvalue weighted by Crippen LogP contribution is 2.30. The summed E-state index contributed by atoms with van der Waals surface area (Å²) in [5.41, 5.74) is 0.543. The minimum absolute atomic E-state index is 0.101. The van der Waals surface area contributed by atoms with Crippen molar-refractivity contribution in [3.8, 4) is 23.3 Å². The molecule has 0 aliphatic carbocycles. The summed E-state index contributed by atoms with van der Waals surface area (Å²) in [5, 5.41) is 11.5. The Morgan fingerprint density at radius 3 is 2.71 bits per heavy atom. The van der Waals surface area contributed by atoms with Gasteiger partial charge in [-0.05, 0) is 36.4 Å². The largest absolute Gasteiger partial charge is 0.486 e. The molecule has 0 bridgehead atoms. The van der Waals surface area contributed by atoms with Crippen molar-refractivity contribution in [1.82, 2.24) is 5.32 Å². The monoisotopic (exact) mass is 324 g/mol. The number of nitriles is 1. The Bertz CT molecular complexity index is 752. The topological polar surface area (TPSA) is 80.6 Å². The first-order valence-corrected chi connectivity index (χ1v) is 7.53. The summed E-state index contributed by atoms with van der Waals surface area (Å²) in [6, 6.07) is 16.0. The number of fused-ring (bicyclic) bond motifs is 1. The standard InChI is InChI=1S/C18H16N2O4/c19-9-13-5-7-14(8-6-13)22-12-18(21)20-10-15-11-23-16-3-1-2-4-17(16)24-15/h1-8,15H,10-12H2,(H,20,21)/t15-/m0/s1. The molecule has 1 atom stereocenters. The van der Waals surface area contributed by atoms with Gasteiger partial charge in [0.2, 0.25) is 0 Å². The number of hydrogen-bond donors (Lipinski definition) is 1. The molecule has 3 rings (SSSR count). The van der Waals surface area contributed by atoms with E-state index < -0.39 is 0 Å². The van der Waals surface area contributed by atoms with E-state index in [1.165, 1.54) is 0 Å². The molecule has 2 aromatic rings. The van der Waals surface area contributed by atoms with Crippen molar-refractivity contribution in [2.45, 2.75) is 6.10 Å². The molecular weight excluding hydrogens is 308 g/mol. The van der Waals surface area contributed by atoms with Crippen LogP contribution in [0.3, 0.4) is 0 Å². The lowest BCUT2D eigenvalue weighted by Gasteiger charge is -2.26. The summed E-state index contributed by atoms with van der Waals surface area (Å²) in [6.45, 7) is 0.619. The van der Waals surface area contributed by atoms with E-state index in [0.29, 0.717) is 36.0 Å².